The van der Waals surface area contributed by atoms with Crippen LogP contribution in [0.5, 0.6) is 0 Å². The number of morpholine rings is 1. The van der Waals surface area contributed by atoms with Crippen LogP contribution in [0.2, 0.25) is 0 Å². The Labute approximate surface area is 144 Å². The second-order valence-electron chi connectivity index (χ2n) is 5.88. The number of anilines is 2. The molecule has 0 atom stereocenters. The number of rotatable bonds is 9. The number of nitrogen functional groups attached to an aromatic ring is 1. The molecule has 6 heteroatoms. The minimum Gasteiger partial charge on any atom is -0.384 e. The molecule has 0 aliphatic carbocycles. The molecule has 2 N–H and O–H groups in total. The second kappa shape index (κ2) is 10.0. The predicted molar refractivity (Wildman–Crippen MR) is 99.4 cm³/mol. The van der Waals surface area contributed by atoms with Crippen LogP contribution in [0.25, 0.3) is 0 Å². The average Bonchev–Trinajstić information content (AvgIpc) is 2.55. The first-order valence-electron chi connectivity index (χ1n) is 8.68. The topological polar surface area (TPSA) is 54.6 Å². The summed E-state index contributed by atoms with van der Waals surface area (Å²) in [6.45, 7) is 11.4. The second-order valence-corrected chi connectivity index (χ2v) is 6.99. The summed E-state index contributed by atoms with van der Waals surface area (Å²) in [5.74, 6) is 1.66. The number of ether oxygens (including phenoxy) is 1. The van der Waals surface area contributed by atoms with Crippen molar-refractivity contribution >= 4 is 23.3 Å². The standard InChI is InChI=1S/C17H30N4OS/c1-3-5-21(6-4-2)15-13-16(18)19-17(14-15)23-12-9-20-7-10-22-11-8-20/h13-14H,3-12H2,1-2H3,(H2,18,19). The summed E-state index contributed by atoms with van der Waals surface area (Å²) < 4.78 is 5.39. The maximum Gasteiger partial charge on any atom is 0.126 e. The Morgan fingerprint density at radius 2 is 1.91 bits per heavy atom. The molecule has 1 saturated heterocycles. The Morgan fingerprint density at radius 3 is 2.57 bits per heavy atom. The van der Waals surface area contributed by atoms with E-state index in [9.17, 15) is 0 Å². The van der Waals surface area contributed by atoms with Crippen LogP contribution in [0.4, 0.5) is 11.5 Å². The van der Waals surface area contributed by atoms with Crippen molar-refractivity contribution in [1.29, 1.82) is 0 Å². The normalized spacial score (nSPS) is 15.7. The zero-order valence-corrected chi connectivity index (χ0v) is 15.3. The van der Waals surface area contributed by atoms with Gasteiger partial charge in [-0.15, -0.1) is 11.8 Å². The third-order valence-corrected chi connectivity index (χ3v) is 4.81. The van der Waals surface area contributed by atoms with E-state index in [-0.39, 0.29) is 0 Å². The molecule has 0 bridgehead atoms. The molecule has 1 aliphatic heterocycles. The molecule has 1 aromatic heterocycles. The lowest BCUT2D eigenvalue weighted by Crippen LogP contribution is -2.37. The minimum atomic E-state index is 0.619. The lowest BCUT2D eigenvalue weighted by atomic mass is 10.3. The number of thioether (sulfide) groups is 1. The third-order valence-electron chi connectivity index (χ3n) is 3.92. The van der Waals surface area contributed by atoms with Gasteiger partial charge >= 0.3 is 0 Å². The fraction of sp³-hybridized carbons (Fsp3) is 0.706. The van der Waals surface area contributed by atoms with E-state index in [4.69, 9.17) is 10.5 Å². The predicted octanol–water partition coefficient (Wildman–Crippen LogP) is 2.71. The highest BCUT2D eigenvalue weighted by molar-refractivity contribution is 7.99. The van der Waals surface area contributed by atoms with E-state index >= 15 is 0 Å². The maximum absolute atomic E-state index is 6.03. The summed E-state index contributed by atoms with van der Waals surface area (Å²) in [5.41, 5.74) is 7.23. The van der Waals surface area contributed by atoms with E-state index in [1.54, 1.807) is 11.8 Å². The van der Waals surface area contributed by atoms with Crippen LogP contribution >= 0.6 is 11.8 Å². The first kappa shape index (κ1) is 18.4. The van der Waals surface area contributed by atoms with Crippen LogP contribution in [0, 0.1) is 0 Å². The van der Waals surface area contributed by atoms with E-state index in [0.717, 1.165) is 69.6 Å². The molecule has 0 unspecified atom stereocenters. The van der Waals surface area contributed by atoms with Crippen LogP contribution < -0.4 is 10.6 Å². The molecule has 2 heterocycles. The van der Waals surface area contributed by atoms with Gasteiger partial charge in [-0.25, -0.2) is 4.98 Å². The smallest absolute Gasteiger partial charge is 0.126 e. The lowest BCUT2D eigenvalue weighted by Gasteiger charge is -2.26. The summed E-state index contributed by atoms with van der Waals surface area (Å²) in [5, 5.41) is 1.03. The van der Waals surface area contributed by atoms with E-state index in [0.29, 0.717) is 5.82 Å². The monoisotopic (exact) mass is 338 g/mol. The zero-order chi connectivity index (χ0) is 16.5. The molecule has 0 spiro atoms. The van der Waals surface area contributed by atoms with Gasteiger partial charge < -0.3 is 15.4 Å². The Hall–Kier alpha value is -0.980. The zero-order valence-electron chi connectivity index (χ0n) is 14.5. The van der Waals surface area contributed by atoms with Gasteiger partial charge in [-0.1, -0.05) is 13.8 Å². The van der Waals surface area contributed by atoms with Crippen LogP contribution in [0.15, 0.2) is 17.2 Å². The molecule has 130 valence electrons. The SMILES string of the molecule is CCCN(CCC)c1cc(N)nc(SCCN2CCOCC2)c1. The van der Waals surface area contributed by atoms with Gasteiger partial charge in [-0.05, 0) is 18.9 Å². The number of nitrogens with zero attached hydrogens (tertiary/aromatic N) is 3. The summed E-state index contributed by atoms with van der Waals surface area (Å²) in [6, 6.07) is 4.18. The van der Waals surface area contributed by atoms with Crippen molar-refractivity contribution in [3.8, 4) is 0 Å². The number of aromatic nitrogens is 1. The highest BCUT2D eigenvalue weighted by Gasteiger charge is 2.11. The molecule has 1 aliphatic rings. The van der Waals surface area contributed by atoms with Gasteiger partial charge in [0.15, 0.2) is 0 Å². The summed E-state index contributed by atoms with van der Waals surface area (Å²) in [4.78, 5) is 9.35. The van der Waals surface area contributed by atoms with Gasteiger partial charge in [0.05, 0.1) is 13.2 Å². The third kappa shape index (κ3) is 6.20. The first-order valence-corrected chi connectivity index (χ1v) is 9.67. The molecule has 5 nitrogen and oxygen atoms in total. The van der Waals surface area contributed by atoms with Gasteiger partial charge in [0, 0.05) is 50.2 Å². The quantitative estimate of drug-likeness (QED) is 0.699. The number of pyridine rings is 1. The Balaban J connectivity index is 1.92. The average molecular weight is 339 g/mol. The molecule has 0 amide bonds. The van der Waals surface area contributed by atoms with Gasteiger partial charge in [0.1, 0.15) is 10.8 Å². The Bertz CT molecular complexity index is 460. The van der Waals surface area contributed by atoms with E-state index in [1.807, 2.05) is 6.07 Å². The fourth-order valence-corrected chi connectivity index (χ4v) is 3.71. The van der Waals surface area contributed by atoms with Gasteiger partial charge in [-0.3, -0.25) is 4.90 Å². The van der Waals surface area contributed by atoms with Gasteiger partial charge in [0.25, 0.3) is 0 Å². The van der Waals surface area contributed by atoms with Crippen LogP contribution in [-0.4, -0.2) is 61.6 Å². The van der Waals surface area contributed by atoms with Crippen molar-refractivity contribution in [2.45, 2.75) is 31.7 Å². The van der Waals surface area contributed by atoms with Crippen LogP contribution in [0.1, 0.15) is 26.7 Å². The fourth-order valence-electron chi connectivity index (χ4n) is 2.78. The van der Waals surface area contributed by atoms with Crippen molar-refractivity contribution in [2.75, 3.05) is 62.3 Å². The van der Waals surface area contributed by atoms with Gasteiger partial charge in [0.2, 0.25) is 0 Å². The molecule has 1 fully saturated rings. The van der Waals surface area contributed by atoms with E-state index < -0.39 is 0 Å². The van der Waals surface area contributed by atoms with Crippen molar-refractivity contribution in [3.63, 3.8) is 0 Å². The summed E-state index contributed by atoms with van der Waals surface area (Å²) in [6.07, 6.45) is 2.28. The van der Waals surface area contributed by atoms with Crippen molar-refractivity contribution < 1.29 is 4.74 Å². The molecular formula is C17H30N4OS. The highest BCUT2D eigenvalue weighted by Crippen LogP contribution is 2.25. The van der Waals surface area contributed by atoms with Crippen LogP contribution in [-0.2, 0) is 4.74 Å². The molecular weight excluding hydrogens is 308 g/mol. The molecule has 2 rings (SSSR count). The number of hydrogen-bond acceptors (Lipinski definition) is 6. The minimum absolute atomic E-state index is 0.619. The Kier molecular flexibility index (Phi) is 7.99. The van der Waals surface area contributed by atoms with Crippen molar-refractivity contribution in [3.05, 3.63) is 12.1 Å². The van der Waals surface area contributed by atoms with Crippen molar-refractivity contribution in [2.24, 2.45) is 0 Å². The first-order chi connectivity index (χ1) is 11.2. The van der Waals surface area contributed by atoms with Gasteiger partial charge in [-0.2, -0.15) is 0 Å². The maximum atomic E-state index is 6.03. The highest BCUT2D eigenvalue weighted by atomic mass is 32.2. The molecule has 0 aromatic carbocycles. The number of nitrogens with two attached hydrogens (primary N) is 1. The summed E-state index contributed by atoms with van der Waals surface area (Å²) in [7, 11) is 0. The molecule has 0 saturated carbocycles. The van der Waals surface area contributed by atoms with Crippen molar-refractivity contribution in [1.82, 2.24) is 9.88 Å². The lowest BCUT2D eigenvalue weighted by molar-refractivity contribution is 0.0410. The largest absolute Gasteiger partial charge is 0.384 e. The molecule has 23 heavy (non-hydrogen) atoms. The van der Waals surface area contributed by atoms with Crippen LogP contribution in [0.3, 0.4) is 0 Å². The number of hydrogen-bond donors (Lipinski definition) is 1. The Morgan fingerprint density at radius 1 is 1.22 bits per heavy atom. The van der Waals surface area contributed by atoms with E-state index in [2.05, 4.69) is 34.7 Å². The molecule has 1 aromatic rings. The molecule has 0 radical (unpaired) electrons. The van der Waals surface area contributed by atoms with E-state index in [1.165, 1.54) is 5.69 Å². The summed E-state index contributed by atoms with van der Waals surface area (Å²) >= 11 is 1.80.